The molecule has 8 nitrogen and oxygen atoms in total. The predicted molar refractivity (Wildman–Crippen MR) is 116 cm³/mol. The fourth-order valence-electron chi connectivity index (χ4n) is 7.04. The fourth-order valence-corrected chi connectivity index (χ4v) is 7.04. The first kappa shape index (κ1) is 25.3. The van der Waals surface area contributed by atoms with Gasteiger partial charge in [-0.15, -0.1) is 0 Å². The van der Waals surface area contributed by atoms with Crippen LogP contribution in [0.3, 0.4) is 0 Å². The molecule has 4 atom stereocenters. The van der Waals surface area contributed by atoms with E-state index in [2.05, 4.69) is 0 Å². The molecule has 6 fully saturated rings. The van der Waals surface area contributed by atoms with E-state index in [-0.39, 0.29) is 36.9 Å². The highest BCUT2D eigenvalue weighted by Gasteiger charge is 2.62. The van der Waals surface area contributed by atoms with Gasteiger partial charge in [-0.3, -0.25) is 4.79 Å². The number of halogens is 2. The quantitative estimate of drug-likeness (QED) is 0.509. The highest BCUT2D eigenvalue weighted by molar-refractivity contribution is 5.79. The lowest BCUT2D eigenvalue weighted by molar-refractivity contribution is -0.220. The molecule has 0 aromatic rings. The SMILES string of the molecule is CC1(C)OCC(C(OC(=O)C23CC4CC(C2)C(OC(=O)C(C)(F)F)C(C4)C3)C2COC(C)(C)O2)O1. The standard InChI is InChI=1S/C25H36F2O8/c1-22(2)30-11-16(34-22)19(17-12-31-23(3,4)35-17)33-21(29)25-8-13-6-14(9-25)18(15(7-13)10-25)32-20(28)24(5,26)27/h13-19H,6-12H2,1-5H3. The summed E-state index contributed by atoms with van der Waals surface area (Å²) >= 11 is 0. The monoisotopic (exact) mass is 502 g/mol. The minimum absolute atomic E-state index is 0.131. The molecule has 4 unspecified atom stereocenters. The van der Waals surface area contributed by atoms with Crippen molar-refractivity contribution < 1.29 is 46.8 Å². The zero-order valence-corrected chi connectivity index (χ0v) is 21.0. The van der Waals surface area contributed by atoms with Gasteiger partial charge < -0.3 is 28.4 Å². The summed E-state index contributed by atoms with van der Waals surface area (Å²) in [5.74, 6) is -6.94. The van der Waals surface area contributed by atoms with Crippen LogP contribution in [0.25, 0.3) is 0 Å². The summed E-state index contributed by atoms with van der Waals surface area (Å²) in [4.78, 5) is 25.7. The highest BCUT2D eigenvalue weighted by Crippen LogP contribution is 2.61. The molecule has 2 saturated heterocycles. The summed E-state index contributed by atoms with van der Waals surface area (Å²) in [6.07, 6.45) is 0.828. The van der Waals surface area contributed by atoms with Gasteiger partial charge in [0, 0.05) is 6.92 Å². The van der Waals surface area contributed by atoms with Crippen molar-refractivity contribution in [2.75, 3.05) is 13.2 Å². The smallest absolute Gasteiger partial charge is 0.376 e. The van der Waals surface area contributed by atoms with Gasteiger partial charge in [0.15, 0.2) is 17.7 Å². The molecule has 198 valence electrons. The Hall–Kier alpha value is -1.36. The zero-order chi connectivity index (χ0) is 25.4. The van der Waals surface area contributed by atoms with Crippen LogP contribution < -0.4 is 0 Å². The molecule has 4 bridgehead atoms. The molecule has 0 aromatic carbocycles. The summed E-state index contributed by atoms with van der Waals surface area (Å²) < 4.78 is 62.0. The zero-order valence-electron chi connectivity index (χ0n) is 21.0. The molecule has 4 saturated carbocycles. The van der Waals surface area contributed by atoms with E-state index in [4.69, 9.17) is 28.4 Å². The minimum Gasteiger partial charge on any atom is -0.457 e. The summed E-state index contributed by atoms with van der Waals surface area (Å²) in [5.41, 5.74) is -0.726. The average molecular weight is 503 g/mol. The van der Waals surface area contributed by atoms with E-state index in [0.717, 1.165) is 12.8 Å². The molecule has 0 spiro atoms. The Morgan fingerprint density at radius 3 is 1.86 bits per heavy atom. The maximum atomic E-state index is 13.8. The lowest BCUT2D eigenvalue weighted by atomic mass is 9.48. The van der Waals surface area contributed by atoms with Crippen molar-refractivity contribution in [1.29, 1.82) is 0 Å². The van der Waals surface area contributed by atoms with Crippen molar-refractivity contribution in [1.82, 2.24) is 0 Å². The Kier molecular flexibility index (Phi) is 6.02. The van der Waals surface area contributed by atoms with E-state index in [9.17, 15) is 18.4 Å². The number of alkyl halides is 2. The topological polar surface area (TPSA) is 89.5 Å². The Labute approximate surface area is 204 Å². The summed E-state index contributed by atoms with van der Waals surface area (Å²) in [5, 5.41) is 0. The molecule has 2 heterocycles. The summed E-state index contributed by atoms with van der Waals surface area (Å²) in [6, 6.07) is 0. The third-order valence-corrected chi connectivity index (χ3v) is 8.26. The Balaban J connectivity index is 1.32. The average Bonchev–Trinajstić information content (AvgIpc) is 3.28. The fraction of sp³-hybridized carbons (Fsp3) is 0.920. The van der Waals surface area contributed by atoms with Crippen LogP contribution in [0.15, 0.2) is 0 Å². The number of esters is 2. The van der Waals surface area contributed by atoms with Crippen LogP contribution in [0.2, 0.25) is 0 Å². The van der Waals surface area contributed by atoms with Gasteiger partial charge in [0.2, 0.25) is 0 Å². The second kappa shape index (κ2) is 8.33. The summed E-state index contributed by atoms with van der Waals surface area (Å²) in [7, 11) is 0. The van der Waals surface area contributed by atoms with Gasteiger partial charge in [-0.1, -0.05) is 0 Å². The normalized spacial score (nSPS) is 42.1. The van der Waals surface area contributed by atoms with E-state index in [1.807, 2.05) is 27.7 Å². The van der Waals surface area contributed by atoms with E-state index >= 15 is 0 Å². The van der Waals surface area contributed by atoms with E-state index in [1.54, 1.807) is 0 Å². The number of rotatable bonds is 6. The second-order valence-corrected chi connectivity index (χ2v) is 12.1. The van der Waals surface area contributed by atoms with Crippen LogP contribution in [-0.4, -0.2) is 67.1 Å². The van der Waals surface area contributed by atoms with Crippen LogP contribution in [-0.2, 0) is 38.0 Å². The van der Waals surface area contributed by atoms with Gasteiger partial charge >= 0.3 is 17.9 Å². The van der Waals surface area contributed by atoms with Gasteiger partial charge in [0.05, 0.1) is 18.6 Å². The predicted octanol–water partition coefficient (Wildman–Crippen LogP) is 3.59. The Bertz CT molecular complexity index is 826. The first-order valence-corrected chi connectivity index (χ1v) is 12.6. The number of carbonyl (C=O) groups is 2. The molecule has 0 amide bonds. The minimum atomic E-state index is -3.53. The first-order valence-electron chi connectivity index (χ1n) is 12.6. The Morgan fingerprint density at radius 2 is 1.43 bits per heavy atom. The maximum absolute atomic E-state index is 13.8. The maximum Gasteiger partial charge on any atom is 0.376 e. The molecule has 0 aromatic heterocycles. The second-order valence-electron chi connectivity index (χ2n) is 12.1. The molecule has 6 aliphatic rings. The summed E-state index contributed by atoms with van der Waals surface area (Å²) in [6.45, 7) is 8.30. The van der Waals surface area contributed by atoms with Gasteiger partial charge in [-0.2, -0.15) is 8.78 Å². The molecule has 6 rings (SSSR count). The lowest BCUT2D eigenvalue weighted by Gasteiger charge is -2.58. The van der Waals surface area contributed by atoms with Crippen molar-refractivity contribution in [3.63, 3.8) is 0 Å². The van der Waals surface area contributed by atoms with Crippen molar-refractivity contribution in [2.45, 2.75) is 109 Å². The van der Waals surface area contributed by atoms with Crippen LogP contribution >= 0.6 is 0 Å². The van der Waals surface area contributed by atoms with Crippen molar-refractivity contribution >= 4 is 11.9 Å². The molecule has 0 N–H and O–H groups in total. The van der Waals surface area contributed by atoms with Crippen molar-refractivity contribution in [3.8, 4) is 0 Å². The van der Waals surface area contributed by atoms with Gasteiger partial charge in [0.1, 0.15) is 18.3 Å². The molecule has 2 aliphatic heterocycles. The molecule has 35 heavy (non-hydrogen) atoms. The number of carbonyl (C=O) groups excluding carboxylic acids is 2. The van der Waals surface area contributed by atoms with Crippen LogP contribution in [0.4, 0.5) is 8.78 Å². The van der Waals surface area contributed by atoms with E-state index < -0.39 is 53.3 Å². The number of hydrogen-bond acceptors (Lipinski definition) is 8. The van der Waals surface area contributed by atoms with Crippen LogP contribution in [0.1, 0.15) is 66.7 Å². The van der Waals surface area contributed by atoms with Gasteiger partial charge in [-0.25, -0.2) is 4.79 Å². The third kappa shape index (κ3) is 4.83. The molecule has 4 aliphatic carbocycles. The van der Waals surface area contributed by atoms with Crippen molar-refractivity contribution in [2.24, 2.45) is 23.2 Å². The molecular weight excluding hydrogens is 466 g/mol. The number of ether oxygens (including phenoxy) is 6. The highest BCUT2D eigenvalue weighted by atomic mass is 19.3. The van der Waals surface area contributed by atoms with Gasteiger partial charge in [0.25, 0.3) is 0 Å². The van der Waals surface area contributed by atoms with Crippen molar-refractivity contribution in [3.05, 3.63) is 0 Å². The van der Waals surface area contributed by atoms with E-state index in [1.165, 1.54) is 0 Å². The Morgan fingerprint density at radius 1 is 0.914 bits per heavy atom. The largest absolute Gasteiger partial charge is 0.457 e. The third-order valence-electron chi connectivity index (χ3n) is 8.26. The van der Waals surface area contributed by atoms with E-state index in [0.29, 0.717) is 26.2 Å². The number of hydrogen-bond donors (Lipinski definition) is 0. The van der Waals surface area contributed by atoms with Crippen LogP contribution in [0, 0.1) is 23.2 Å². The lowest BCUT2D eigenvalue weighted by Crippen LogP contribution is -2.59. The van der Waals surface area contributed by atoms with Crippen LogP contribution in [0.5, 0.6) is 0 Å². The molecule has 0 radical (unpaired) electrons. The van der Waals surface area contributed by atoms with Gasteiger partial charge in [-0.05, 0) is 77.6 Å². The molecular formula is C25H36F2O8. The molecule has 10 heteroatoms. The first-order chi connectivity index (χ1) is 16.2.